The number of hydrogen-bond donors (Lipinski definition) is 0. The van der Waals surface area contributed by atoms with Crippen LogP contribution in [0.25, 0.3) is 22.1 Å². The summed E-state index contributed by atoms with van der Waals surface area (Å²) in [5.74, 6) is 3.23. The van der Waals surface area contributed by atoms with Crippen LogP contribution in [0.5, 0.6) is 11.5 Å². The van der Waals surface area contributed by atoms with E-state index in [0.29, 0.717) is 12.5 Å². The van der Waals surface area contributed by atoms with Gasteiger partial charge in [0.1, 0.15) is 29.4 Å². The molecule has 0 saturated carbocycles. The average Bonchev–Trinajstić information content (AvgIpc) is 3.15. The van der Waals surface area contributed by atoms with Crippen molar-refractivity contribution in [3.05, 3.63) is 82.1 Å². The van der Waals surface area contributed by atoms with Crippen molar-refractivity contribution in [1.82, 2.24) is 0 Å². The third-order valence-electron chi connectivity index (χ3n) is 6.45. The molecule has 0 fully saturated rings. The average molecular weight is 429 g/mol. The Morgan fingerprint density at radius 2 is 1.47 bits per heavy atom. The molecule has 0 saturated heterocycles. The lowest BCUT2D eigenvalue weighted by Crippen LogP contribution is -2.01. The molecule has 0 N–H and O–H groups in total. The fourth-order valence-electron chi connectivity index (χ4n) is 4.38. The van der Waals surface area contributed by atoms with Crippen molar-refractivity contribution in [3.8, 4) is 22.6 Å². The van der Waals surface area contributed by atoms with Crippen molar-refractivity contribution in [1.29, 1.82) is 0 Å². The molecule has 32 heavy (non-hydrogen) atoms. The van der Waals surface area contributed by atoms with Gasteiger partial charge in [0.15, 0.2) is 0 Å². The normalized spacial score (nSPS) is 11.4. The smallest absolute Gasteiger partial charge is 0.138 e. The van der Waals surface area contributed by atoms with Crippen LogP contribution in [0, 0.1) is 27.7 Å². The molecular weight excluding hydrogens is 396 g/mol. The third-order valence-corrected chi connectivity index (χ3v) is 6.45. The number of furan rings is 1. The van der Waals surface area contributed by atoms with Crippen LogP contribution in [-0.4, -0.2) is 7.11 Å². The summed E-state index contributed by atoms with van der Waals surface area (Å²) in [4.78, 5) is 0. The first-order valence-electron chi connectivity index (χ1n) is 11.2. The molecule has 3 aromatic carbocycles. The van der Waals surface area contributed by atoms with E-state index in [-0.39, 0.29) is 0 Å². The fraction of sp³-hybridized carbons (Fsp3) is 0.310. The van der Waals surface area contributed by atoms with Crippen molar-refractivity contribution in [2.75, 3.05) is 7.11 Å². The first-order chi connectivity index (χ1) is 15.3. The Kier molecular flexibility index (Phi) is 6.01. The van der Waals surface area contributed by atoms with Crippen LogP contribution < -0.4 is 9.47 Å². The second kappa shape index (κ2) is 8.74. The van der Waals surface area contributed by atoms with Gasteiger partial charge in [0.2, 0.25) is 0 Å². The molecule has 3 nitrogen and oxygen atoms in total. The summed E-state index contributed by atoms with van der Waals surface area (Å²) in [6, 6.07) is 16.9. The summed E-state index contributed by atoms with van der Waals surface area (Å²) in [5, 5.41) is 1.15. The number of benzene rings is 3. The molecule has 0 aliphatic heterocycles. The summed E-state index contributed by atoms with van der Waals surface area (Å²) in [5.41, 5.74) is 9.11. The van der Waals surface area contributed by atoms with Gasteiger partial charge >= 0.3 is 0 Å². The minimum atomic E-state index is 0.506. The van der Waals surface area contributed by atoms with Gasteiger partial charge in [-0.15, -0.1) is 0 Å². The summed E-state index contributed by atoms with van der Waals surface area (Å²) in [6.07, 6.45) is 0. The highest BCUT2D eigenvalue weighted by Crippen LogP contribution is 2.43. The van der Waals surface area contributed by atoms with Crippen LogP contribution in [0.2, 0.25) is 0 Å². The number of aryl methyl sites for hydroxylation is 3. The molecule has 3 heteroatoms. The first-order valence-corrected chi connectivity index (χ1v) is 11.2. The van der Waals surface area contributed by atoms with Crippen LogP contribution in [0.4, 0.5) is 0 Å². The quantitative estimate of drug-likeness (QED) is 0.311. The Balaban J connectivity index is 1.78. The third kappa shape index (κ3) is 3.88. The zero-order valence-electron chi connectivity index (χ0n) is 20.1. The monoisotopic (exact) mass is 428 g/mol. The predicted molar refractivity (Wildman–Crippen MR) is 132 cm³/mol. The van der Waals surface area contributed by atoms with E-state index in [0.717, 1.165) is 56.0 Å². The maximum atomic E-state index is 6.38. The Bertz CT molecular complexity index is 1240. The maximum Gasteiger partial charge on any atom is 0.138 e. The van der Waals surface area contributed by atoms with Crippen LogP contribution in [-0.2, 0) is 6.61 Å². The molecule has 4 aromatic rings. The van der Waals surface area contributed by atoms with Crippen molar-refractivity contribution < 1.29 is 13.9 Å². The van der Waals surface area contributed by atoms with Gasteiger partial charge < -0.3 is 13.9 Å². The van der Waals surface area contributed by atoms with E-state index in [1.807, 2.05) is 24.3 Å². The summed E-state index contributed by atoms with van der Waals surface area (Å²) in [6.45, 7) is 13.4. The molecule has 0 unspecified atom stereocenters. The second-order valence-electron chi connectivity index (χ2n) is 8.85. The second-order valence-corrected chi connectivity index (χ2v) is 8.85. The maximum absolute atomic E-state index is 6.38. The molecule has 0 spiro atoms. The van der Waals surface area contributed by atoms with E-state index in [1.54, 1.807) is 7.11 Å². The van der Waals surface area contributed by atoms with Gasteiger partial charge in [0.25, 0.3) is 0 Å². The highest BCUT2D eigenvalue weighted by molar-refractivity contribution is 6.01. The zero-order chi connectivity index (χ0) is 23.0. The lowest BCUT2D eigenvalue weighted by atomic mass is 9.93. The van der Waals surface area contributed by atoms with E-state index in [1.165, 1.54) is 11.1 Å². The van der Waals surface area contributed by atoms with Crippen LogP contribution in [0.1, 0.15) is 53.3 Å². The number of fused-ring (bicyclic) bond motifs is 1. The molecule has 166 valence electrons. The van der Waals surface area contributed by atoms with E-state index in [9.17, 15) is 0 Å². The molecule has 0 amide bonds. The van der Waals surface area contributed by atoms with Crippen LogP contribution in [0.15, 0.2) is 52.9 Å². The molecule has 0 atom stereocenters. The van der Waals surface area contributed by atoms with Gasteiger partial charge in [-0.05, 0) is 73.6 Å². The SMILES string of the molecule is COc1ccc(COc2c(C)c(C)c3oc(C)c(-c4ccc(C(C)C)cc4)c3c2C)cc1. The largest absolute Gasteiger partial charge is 0.497 e. The minimum absolute atomic E-state index is 0.506. The summed E-state index contributed by atoms with van der Waals surface area (Å²) in [7, 11) is 1.68. The van der Waals surface area contributed by atoms with E-state index >= 15 is 0 Å². The van der Waals surface area contributed by atoms with Crippen LogP contribution in [0.3, 0.4) is 0 Å². The Hall–Kier alpha value is -3.20. The molecule has 1 heterocycles. The topological polar surface area (TPSA) is 31.6 Å². The predicted octanol–water partition coefficient (Wildman–Crippen LogP) is 8.04. The highest BCUT2D eigenvalue weighted by atomic mass is 16.5. The number of ether oxygens (including phenoxy) is 2. The van der Waals surface area contributed by atoms with Crippen LogP contribution >= 0.6 is 0 Å². The van der Waals surface area contributed by atoms with Gasteiger partial charge in [-0.25, -0.2) is 0 Å². The zero-order valence-corrected chi connectivity index (χ0v) is 20.1. The minimum Gasteiger partial charge on any atom is -0.497 e. The van der Waals surface area contributed by atoms with Gasteiger partial charge in [-0.3, -0.25) is 0 Å². The number of rotatable bonds is 6. The van der Waals surface area contributed by atoms with Crippen molar-refractivity contribution in [2.24, 2.45) is 0 Å². The van der Waals surface area contributed by atoms with Gasteiger partial charge in [-0.2, -0.15) is 0 Å². The van der Waals surface area contributed by atoms with E-state index < -0.39 is 0 Å². The molecular formula is C29H32O3. The number of methoxy groups -OCH3 is 1. The standard InChI is InChI=1S/C29H32O3/c1-17(2)23-10-12-24(13-11-23)27-21(6)32-29-19(4)18(3)28(20(5)26(27)29)31-16-22-8-14-25(30-7)15-9-22/h8-15,17H,16H2,1-7H3. The van der Waals surface area contributed by atoms with E-state index in [2.05, 4.69) is 65.8 Å². The summed E-state index contributed by atoms with van der Waals surface area (Å²) >= 11 is 0. The van der Waals surface area contributed by atoms with Crippen molar-refractivity contribution in [2.45, 2.75) is 54.1 Å². The van der Waals surface area contributed by atoms with Gasteiger partial charge in [0.05, 0.1) is 7.11 Å². The van der Waals surface area contributed by atoms with E-state index in [4.69, 9.17) is 13.9 Å². The molecule has 0 radical (unpaired) electrons. The lowest BCUT2D eigenvalue weighted by molar-refractivity contribution is 0.302. The molecule has 0 aliphatic carbocycles. The lowest BCUT2D eigenvalue weighted by Gasteiger charge is -2.16. The molecule has 0 bridgehead atoms. The van der Waals surface area contributed by atoms with Gasteiger partial charge in [0, 0.05) is 16.5 Å². The first kappa shape index (κ1) is 22.0. The highest BCUT2D eigenvalue weighted by Gasteiger charge is 2.22. The Morgan fingerprint density at radius 1 is 0.812 bits per heavy atom. The fourth-order valence-corrected chi connectivity index (χ4v) is 4.38. The summed E-state index contributed by atoms with van der Waals surface area (Å²) < 4.78 is 17.9. The Morgan fingerprint density at radius 3 is 2.06 bits per heavy atom. The van der Waals surface area contributed by atoms with Crippen molar-refractivity contribution >= 4 is 11.0 Å². The van der Waals surface area contributed by atoms with Crippen molar-refractivity contribution in [3.63, 3.8) is 0 Å². The molecule has 4 rings (SSSR count). The van der Waals surface area contributed by atoms with Gasteiger partial charge in [-0.1, -0.05) is 50.2 Å². The molecule has 1 aromatic heterocycles. The molecule has 0 aliphatic rings. The number of hydrogen-bond acceptors (Lipinski definition) is 3. The Labute approximate surface area is 191 Å².